The van der Waals surface area contributed by atoms with Gasteiger partial charge < -0.3 is 9.30 Å². The van der Waals surface area contributed by atoms with E-state index in [1.54, 1.807) is 24.7 Å². The second kappa shape index (κ2) is 8.23. The number of imidazole rings is 1. The van der Waals surface area contributed by atoms with Gasteiger partial charge in [0.15, 0.2) is 0 Å². The van der Waals surface area contributed by atoms with E-state index in [1.165, 1.54) is 0 Å². The molecular weight excluding hydrogens is 411 g/mol. The van der Waals surface area contributed by atoms with Crippen molar-refractivity contribution in [3.8, 4) is 6.07 Å². The highest BCUT2D eigenvalue weighted by atomic mass is 19.4. The first-order valence-electron chi connectivity index (χ1n) is 10.0. The van der Waals surface area contributed by atoms with E-state index in [-0.39, 0.29) is 6.54 Å². The predicted molar refractivity (Wildman–Crippen MR) is 104 cm³/mol. The first-order chi connectivity index (χ1) is 14.8. The molecule has 4 rings (SSSR count). The van der Waals surface area contributed by atoms with Crippen molar-refractivity contribution in [3.63, 3.8) is 0 Å². The average molecular weight is 433 g/mol. The highest BCUT2D eigenvalue weighted by molar-refractivity contribution is 5.70. The first-order valence-corrected chi connectivity index (χ1v) is 10.0. The van der Waals surface area contributed by atoms with E-state index >= 15 is 0 Å². The maximum atomic E-state index is 12.7. The number of nitrogens with zero attached hydrogens (tertiary/aromatic N) is 5. The molecule has 10 heteroatoms. The van der Waals surface area contributed by atoms with Crippen LogP contribution in [0.5, 0.6) is 0 Å². The molecule has 0 aliphatic carbocycles. The Kier molecular flexibility index (Phi) is 5.62. The van der Waals surface area contributed by atoms with Crippen LogP contribution in [0.4, 0.5) is 18.0 Å². The zero-order valence-corrected chi connectivity index (χ0v) is 16.8. The first kappa shape index (κ1) is 21.2. The number of ether oxygens (including phenoxy) is 1. The fourth-order valence-corrected chi connectivity index (χ4v) is 4.14. The number of halogens is 3. The summed E-state index contributed by atoms with van der Waals surface area (Å²) in [7, 11) is 0. The summed E-state index contributed by atoms with van der Waals surface area (Å²) in [6.07, 6.45) is -0.764. The molecule has 1 amide bonds. The van der Waals surface area contributed by atoms with Crippen LogP contribution in [0.25, 0.3) is 0 Å². The van der Waals surface area contributed by atoms with Crippen molar-refractivity contribution in [1.29, 1.82) is 5.26 Å². The number of aromatic nitrogens is 2. The monoisotopic (exact) mass is 433 g/mol. The highest BCUT2D eigenvalue weighted by Crippen LogP contribution is 2.35. The third-order valence-electron chi connectivity index (χ3n) is 5.80. The van der Waals surface area contributed by atoms with Gasteiger partial charge in [0.2, 0.25) is 0 Å². The van der Waals surface area contributed by atoms with Crippen LogP contribution >= 0.6 is 0 Å². The minimum atomic E-state index is -4.43. The maximum absolute atomic E-state index is 12.7. The van der Waals surface area contributed by atoms with Crippen LogP contribution in [-0.2, 0) is 17.8 Å². The van der Waals surface area contributed by atoms with Gasteiger partial charge in [-0.2, -0.15) is 18.4 Å². The molecule has 164 valence electrons. The van der Waals surface area contributed by atoms with E-state index in [0.717, 1.165) is 16.2 Å². The normalized spacial score (nSPS) is 18.9. The van der Waals surface area contributed by atoms with Crippen LogP contribution in [0.2, 0.25) is 0 Å². The van der Waals surface area contributed by atoms with Crippen molar-refractivity contribution in [2.24, 2.45) is 0 Å². The average Bonchev–Trinajstić information content (AvgIpc) is 3.27. The van der Waals surface area contributed by atoms with E-state index in [9.17, 15) is 18.0 Å². The molecule has 0 radical (unpaired) electrons. The zero-order valence-electron chi connectivity index (χ0n) is 16.8. The van der Waals surface area contributed by atoms with Crippen LogP contribution in [0.15, 0.2) is 36.8 Å². The SMILES string of the molecule is N#Cc1ccc(Cn2cncc2CN2CCC3(CC2)CN(CC(F)(F)F)C(=O)O3)cc1. The molecule has 31 heavy (non-hydrogen) atoms. The zero-order chi connectivity index (χ0) is 22.1. The van der Waals surface area contributed by atoms with Crippen molar-refractivity contribution < 1.29 is 22.7 Å². The largest absolute Gasteiger partial charge is 0.441 e. The second-order valence-electron chi connectivity index (χ2n) is 8.12. The lowest BCUT2D eigenvalue weighted by Gasteiger charge is -2.37. The summed E-state index contributed by atoms with van der Waals surface area (Å²) in [5.74, 6) is 0. The molecule has 1 aromatic carbocycles. The third kappa shape index (κ3) is 4.99. The van der Waals surface area contributed by atoms with Crippen LogP contribution in [-0.4, -0.2) is 63.4 Å². The van der Waals surface area contributed by atoms with Gasteiger partial charge in [0.05, 0.1) is 30.2 Å². The Bertz CT molecular complexity index is 972. The van der Waals surface area contributed by atoms with E-state index < -0.39 is 24.4 Å². The molecule has 2 aliphatic rings. The van der Waals surface area contributed by atoms with Gasteiger partial charge in [0, 0.05) is 45.2 Å². The standard InChI is InChI=1S/C21H22F3N5O2/c22-21(23,24)14-29-13-20(31-19(29)30)5-7-27(8-6-20)12-18-10-26-15-28(18)11-17-3-1-16(9-25)2-4-17/h1-4,10,15H,5-8,11-14H2. The lowest BCUT2D eigenvalue weighted by molar-refractivity contribution is -0.139. The molecule has 2 saturated heterocycles. The fraction of sp³-hybridized carbons (Fsp3) is 0.476. The Labute approximate surface area is 177 Å². The molecule has 1 spiro atoms. The molecule has 0 atom stereocenters. The highest BCUT2D eigenvalue weighted by Gasteiger charge is 2.49. The number of amides is 1. The molecule has 2 aromatic rings. The number of hydrogen-bond donors (Lipinski definition) is 0. The topological polar surface area (TPSA) is 74.4 Å². The molecule has 0 N–H and O–H groups in total. The van der Waals surface area contributed by atoms with Gasteiger partial charge in [-0.15, -0.1) is 0 Å². The molecule has 7 nitrogen and oxygen atoms in total. The Morgan fingerprint density at radius 3 is 2.52 bits per heavy atom. The molecule has 0 unspecified atom stereocenters. The van der Waals surface area contributed by atoms with Crippen molar-refractivity contribution >= 4 is 6.09 Å². The Hall–Kier alpha value is -3.06. The summed E-state index contributed by atoms with van der Waals surface area (Å²) in [6, 6.07) is 9.48. The smallest absolute Gasteiger partial charge is 0.410 e. The fourth-order valence-electron chi connectivity index (χ4n) is 4.14. The summed E-state index contributed by atoms with van der Waals surface area (Å²) in [5, 5.41) is 8.92. The van der Waals surface area contributed by atoms with E-state index in [4.69, 9.17) is 10.00 Å². The van der Waals surface area contributed by atoms with Gasteiger partial charge in [-0.05, 0) is 17.7 Å². The Morgan fingerprint density at radius 2 is 1.87 bits per heavy atom. The number of rotatable bonds is 5. The van der Waals surface area contributed by atoms with Gasteiger partial charge in [0.25, 0.3) is 0 Å². The van der Waals surface area contributed by atoms with E-state index in [0.29, 0.717) is 44.6 Å². The molecule has 0 saturated carbocycles. The predicted octanol–water partition coefficient (Wildman–Crippen LogP) is 3.15. The molecule has 2 aliphatic heterocycles. The van der Waals surface area contributed by atoms with Crippen molar-refractivity contribution in [1.82, 2.24) is 19.4 Å². The van der Waals surface area contributed by atoms with Crippen molar-refractivity contribution in [2.45, 2.75) is 37.7 Å². The molecule has 1 aromatic heterocycles. The van der Waals surface area contributed by atoms with Gasteiger partial charge in [-0.1, -0.05) is 12.1 Å². The molecule has 3 heterocycles. The van der Waals surface area contributed by atoms with E-state index in [2.05, 4.69) is 16.0 Å². The number of nitriles is 1. The summed E-state index contributed by atoms with van der Waals surface area (Å²) >= 11 is 0. The van der Waals surface area contributed by atoms with Crippen LogP contribution < -0.4 is 0 Å². The summed E-state index contributed by atoms with van der Waals surface area (Å²) < 4.78 is 45.4. The Morgan fingerprint density at radius 1 is 1.16 bits per heavy atom. The summed E-state index contributed by atoms with van der Waals surface area (Å²) in [6.45, 7) is 1.22. The van der Waals surface area contributed by atoms with Gasteiger partial charge in [-0.3, -0.25) is 9.80 Å². The molecular formula is C21H22F3N5O2. The van der Waals surface area contributed by atoms with Crippen LogP contribution in [0, 0.1) is 11.3 Å². The minimum Gasteiger partial charge on any atom is -0.441 e. The van der Waals surface area contributed by atoms with E-state index in [1.807, 2.05) is 16.7 Å². The molecule has 2 fully saturated rings. The second-order valence-corrected chi connectivity index (χ2v) is 8.12. The quantitative estimate of drug-likeness (QED) is 0.724. The maximum Gasteiger partial charge on any atom is 0.410 e. The molecule has 0 bridgehead atoms. The minimum absolute atomic E-state index is 0.0180. The van der Waals surface area contributed by atoms with Crippen molar-refractivity contribution in [2.75, 3.05) is 26.2 Å². The lowest BCUT2D eigenvalue weighted by atomic mass is 9.91. The third-order valence-corrected chi connectivity index (χ3v) is 5.80. The number of carbonyl (C=O) groups excluding carboxylic acids is 1. The number of hydrogen-bond acceptors (Lipinski definition) is 5. The number of likely N-dealkylation sites (tertiary alicyclic amines) is 1. The summed E-state index contributed by atoms with van der Waals surface area (Å²) in [5.41, 5.74) is 1.85. The van der Waals surface area contributed by atoms with Crippen molar-refractivity contribution in [3.05, 3.63) is 53.6 Å². The Balaban J connectivity index is 1.33. The van der Waals surface area contributed by atoms with Gasteiger partial charge >= 0.3 is 12.3 Å². The van der Waals surface area contributed by atoms with Gasteiger partial charge in [0.1, 0.15) is 12.1 Å². The van der Waals surface area contributed by atoms with Crippen LogP contribution in [0.1, 0.15) is 29.7 Å². The summed E-state index contributed by atoms with van der Waals surface area (Å²) in [4.78, 5) is 19.1. The van der Waals surface area contributed by atoms with Gasteiger partial charge in [-0.25, -0.2) is 9.78 Å². The number of alkyl halides is 3. The lowest BCUT2D eigenvalue weighted by Crippen LogP contribution is -2.47. The number of benzene rings is 1. The number of carbonyl (C=O) groups is 1. The number of piperidine rings is 1. The van der Waals surface area contributed by atoms with Crippen LogP contribution in [0.3, 0.4) is 0 Å².